The van der Waals surface area contributed by atoms with E-state index < -0.39 is 0 Å². The van der Waals surface area contributed by atoms with Gasteiger partial charge in [-0.25, -0.2) is 24.0 Å². The van der Waals surface area contributed by atoms with E-state index in [-0.39, 0.29) is 17.1 Å². The summed E-state index contributed by atoms with van der Waals surface area (Å²) in [6, 6.07) is 7.37. The second kappa shape index (κ2) is 10.2. The van der Waals surface area contributed by atoms with Crippen LogP contribution in [0, 0.1) is 11.3 Å². The standard InChI is InChI=1S/C29H28ClN9O2/c1-2-21(40)10-19-4-3-7-29(13-19)15-37(16-29)24-6-9-39-26(24)27(33-18-35-39)36-20-11-23(30)28(31-14-20)41-22-5-8-38-25(12-22)32-17-34-38/h2,5-6,8-9,11-12,14,17-19H,1,3-4,7,10,13,15-16H2,(H,33,35,36). The molecule has 2 fully saturated rings. The number of fused-ring (bicyclic) bond motifs is 2. The van der Waals surface area contributed by atoms with Crippen molar-refractivity contribution in [2.45, 2.75) is 32.1 Å². The second-order valence-corrected chi connectivity index (χ2v) is 11.4. The normalized spacial score (nSPS) is 18.0. The minimum atomic E-state index is 0.150. The molecule has 2 aliphatic rings. The van der Waals surface area contributed by atoms with Crippen molar-refractivity contribution in [1.29, 1.82) is 0 Å². The van der Waals surface area contributed by atoms with Crippen LogP contribution in [0.2, 0.25) is 5.02 Å². The average Bonchev–Trinajstić information content (AvgIpc) is 3.61. The first-order chi connectivity index (χ1) is 20.0. The average molecular weight is 570 g/mol. The Labute approximate surface area is 240 Å². The molecule has 0 radical (unpaired) electrons. The van der Waals surface area contributed by atoms with Crippen LogP contribution in [0.1, 0.15) is 32.1 Å². The summed E-state index contributed by atoms with van der Waals surface area (Å²) >= 11 is 6.55. The molecule has 1 aliphatic heterocycles. The molecule has 41 heavy (non-hydrogen) atoms. The summed E-state index contributed by atoms with van der Waals surface area (Å²) in [6.45, 7) is 5.56. The Morgan fingerprint density at radius 3 is 2.83 bits per heavy atom. The molecular weight excluding hydrogens is 542 g/mol. The van der Waals surface area contributed by atoms with Gasteiger partial charge in [0.1, 0.15) is 28.9 Å². The van der Waals surface area contributed by atoms with E-state index in [1.54, 1.807) is 35.1 Å². The van der Waals surface area contributed by atoms with E-state index in [0.717, 1.165) is 43.6 Å². The van der Waals surface area contributed by atoms with Gasteiger partial charge < -0.3 is 15.0 Å². The van der Waals surface area contributed by atoms with Crippen LogP contribution >= 0.6 is 11.6 Å². The zero-order valence-corrected chi connectivity index (χ0v) is 23.0. The molecule has 1 atom stereocenters. The van der Waals surface area contributed by atoms with Gasteiger partial charge in [0.05, 0.1) is 17.6 Å². The maximum Gasteiger partial charge on any atom is 0.238 e. The number of hydrogen-bond donors (Lipinski definition) is 1. The lowest BCUT2D eigenvalue weighted by Crippen LogP contribution is -2.58. The highest BCUT2D eigenvalue weighted by Crippen LogP contribution is 2.49. The largest absolute Gasteiger partial charge is 0.437 e. The van der Waals surface area contributed by atoms with Crippen LogP contribution < -0.4 is 15.0 Å². The number of nitrogens with zero attached hydrogens (tertiary/aromatic N) is 8. The van der Waals surface area contributed by atoms with Gasteiger partial charge in [-0.05, 0) is 49.5 Å². The van der Waals surface area contributed by atoms with E-state index in [0.29, 0.717) is 40.3 Å². The summed E-state index contributed by atoms with van der Waals surface area (Å²) in [4.78, 5) is 27.5. The molecule has 11 nitrogen and oxygen atoms in total. The van der Waals surface area contributed by atoms with Crippen molar-refractivity contribution >= 4 is 45.7 Å². The number of aromatic nitrogens is 7. The quantitative estimate of drug-likeness (QED) is 0.242. The van der Waals surface area contributed by atoms with Crippen molar-refractivity contribution in [2.24, 2.45) is 11.3 Å². The minimum absolute atomic E-state index is 0.150. The van der Waals surface area contributed by atoms with Crippen molar-refractivity contribution in [2.75, 3.05) is 23.3 Å². The maximum atomic E-state index is 12.0. The van der Waals surface area contributed by atoms with E-state index in [1.807, 2.05) is 10.7 Å². The van der Waals surface area contributed by atoms with E-state index in [1.165, 1.54) is 25.2 Å². The third kappa shape index (κ3) is 4.86. The summed E-state index contributed by atoms with van der Waals surface area (Å²) < 4.78 is 9.37. The van der Waals surface area contributed by atoms with Gasteiger partial charge in [0.2, 0.25) is 5.88 Å². The number of carbonyl (C=O) groups is 1. The first-order valence-corrected chi connectivity index (χ1v) is 14.0. The summed E-state index contributed by atoms with van der Waals surface area (Å²) in [7, 11) is 0. The van der Waals surface area contributed by atoms with Gasteiger partial charge >= 0.3 is 0 Å². The molecule has 1 spiro atoms. The van der Waals surface area contributed by atoms with Crippen LogP contribution in [0.25, 0.3) is 11.2 Å². The molecule has 0 bridgehead atoms. The number of anilines is 3. The first-order valence-electron chi connectivity index (χ1n) is 13.6. The zero-order valence-electron chi connectivity index (χ0n) is 22.3. The van der Waals surface area contributed by atoms with Gasteiger partial charge in [-0.3, -0.25) is 4.79 Å². The Hall–Kier alpha value is -4.51. The molecule has 0 amide bonds. The lowest BCUT2D eigenvalue weighted by Gasteiger charge is -2.55. The molecule has 6 heterocycles. The molecule has 12 heteroatoms. The number of pyridine rings is 2. The van der Waals surface area contributed by atoms with Crippen LogP contribution in [0.5, 0.6) is 11.6 Å². The number of allylic oxidation sites excluding steroid dienone is 1. The van der Waals surface area contributed by atoms with Gasteiger partial charge in [-0.15, -0.1) is 0 Å². The molecule has 7 rings (SSSR count). The van der Waals surface area contributed by atoms with Crippen molar-refractivity contribution in [3.05, 3.63) is 73.2 Å². The molecule has 1 saturated heterocycles. The van der Waals surface area contributed by atoms with Crippen molar-refractivity contribution in [3.8, 4) is 11.6 Å². The smallest absolute Gasteiger partial charge is 0.238 e. The molecule has 1 aliphatic carbocycles. The molecule has 5 aromatic heterocycles. The zero-order chi connectivity index (χ0) is 28.0. The fourth-order valence-electron chi connectivity index (χ4n) is 6.31. The number of carbonyl (C=O) groups excluding carboxylic acids is 1. The van der Waals surface area contributed by atoms with E-state index in [9.17, 15) is 4.79 Å². The summed E-state index contributed by atoms with van der Waals surface area (Å²) in [5, 5.41) is 12.2. The lowest BCUT2D eigenvalue weighted by atomic mass is 9.64. The van der Waals surface area contributed by atoms with Crippen molar-refractivity contribution in [1.82, 2.24) is 34.2 Å². The van der Waals surface area contributed by atoms with Crippen LogP contribution in [-0.4, -0.2) is 53.1 Å². The van der Waals surface area contributed by atoms with Gasteiger partial charge in [0.25, 0.3) is 0 Å². The number of hydrogen-bond acceptors (Lipinski definition) is 9. The molecule has 208 valence electrons. The Balaban J connectivity index is 1.08. The maximum absolute atomic E-state index is 12.0. The highest BCUT2D eigenvalue weighted by molar-refractivity contribution is 6.32. The van der Waals surface area contributed by atoms with E-state index in [4.69, 9.17) is 16.3 Å². The van der Waals surface area contributed by atoms with Crippen LogP contribution in [0.15, 0.2) is 68.2 Å². The Morgan fingerprint density at radius 1 is 1.15 bits per heavy atom. The van der Waals surface area contributed by atoms with Crippen LogP contribution in [-0.2, 0) is 4.79 Å². The third-order valence-electron chi connectivity index (χ3n) is 8.12. The van der Waals surface area contributed by atoms with Crippen molar-refractivity contribution in [3.63, 3.8) is 0 Å². The topological polar surface area (TPSA) is 115 Å². The SMILES string of the molecule is C=CC(=O)CC1CCCC2(C1)CN(c1ccn3ncnc(Nc4cnc(Oc5ccn6ncnc6c5)c(Cl)c4)c13)C2. The van der Waals surface area contributed by atoms with Crippen LogP contribution in [0.3, 0.4) is 0 Å². The van der Waals surface area contributed by atoms with Gasteiger partial charge in [-0.1, -0.05) is 24.6 Å². The number of halogens is 1. The van der Waals surface area contributed by atoms with Crippen molar-refractivity contribution < 1.29 is 9.53 Å². The highest BCUT2D eigenvalue weighted by atomic mass is 35.5. The Morgan fingerprint density at radius 2 is 1.98 bits per heavy atom. The van der Waals surface area contributed by atoms with Gasteiger partial charge in [0.15, 0.2) is 17.2 Å². The highest BCUT2D eigenvalue weighted by Gasteiger charge is 2.46. The fourth-order valence-corrected chi connectivity index (χ4v) is 6.51. The predicted octanol–water partition coefficient (Wildman–Crippen LogP) is 5.50. The van der Waals surface area contributed by atoms with E-state index >= 15 is 0 Å². The summed E-state index contributed by atoms with van der Waals surface area (Å²) in [6.07, 6.45) is 15.0. The lowest BCUT2D eigenvalue weighted by molar-refractivity contribution is -0.116. The predicted molar refractivity (Wildman–Crippen MR) is 155 cm³/mol. The first kappa shape index (κ1) is 25.5. The third-order valence-corrected chi connectivity index (χ3v) is 8.39. The monoisotopic (exact) mass is 569 g/mol. The Bertz CT molecular complexity index is 1770. The number of ether oxygens (including phenoxy) is 1. The van der Waals surface area contributed by atoms with E-state index in [2.05, 4.69) is 48.0 Å². The molecule has 1 N–H and O–H groups in total. The Kier molecular flexibility index (Phi) is 6.30. The number of rotatable bonds is 8. The molecular formula is C29H28ClN9O2. The minimum Gasteiger partial charge on any atom is -0.437 e. The number of ketones is 1. The van der Waals surface area contributed by atoms with Crippen LogP contribution in [0.4, 0.5) is 17.2 Å². The second-order valence-electron chi connectivity index (χ2n) is 11.0. The fraction of sp³-hybridized carbons (Fsp3) is 0.310. The molecule has 5 aromatic rings. The molecule has 0 aromatic carbocycles. The van der Waals surface area contributed by atoms with Gasteiger partial charge in [-0.2, -0.15) is 10.2 Å². The van der Waals surface area contributed by atoms with Gasteiger partial charge in [0, 0.05) is 43.4 Å². The summed E-state index contributed by atoms with van der Waals surface area (Å²) in [5.74, 6) is 2.08. The summed E-state index contributed by atoms with van der Waals surface area (Å²) in [5.41, 5.74) is 3.55. The number of nitrogens with one attached hydrogen (secondary N) is 1. The molecule has 1 saturated carbocycles. The molecule has 1 unspecified atom stereocenters.